The van der Waals surface area contributed by atoms with Crippen molar-refractivity contribution in [3.05, 3.63) is 11.9 Å². The van der Waals surface area contributed by atoms with Crippen LogP contribution >= 0.6 is 0 Å². The molecule has 114 valence electrons. The van der Waals surface area contributed by atoms with Gasteiger partial charge in [0.15, 0.2) is 5.69 Å². The van der Waals surface area contributed by atoms with Gasteiger partial charge in [0, 0.05) is 25.7 Å². The van der Waals surface area contributed by atoms with Gasteiger partial charge in [-0.15, -0.1) is 5.10 Å². The van der Waals surface area contributed by atoms with E-state index in [-0.39, 0.29) is 18.1 Å². The van der Waals surface area contributed by atoms with E-state index in [1.54, 1.807) is 0 Å². The molecule has 0 bridgehead atoms. The predicted octanol–water partition coefficient (Wildman–Crippen LogP) is -0.327. The summed E-state index contributed by atoms with van der Waals surface area (Å²) in [6.07, 6.45) is 4.70. The van der Waals surface area contributed by atoms with Crippen LogP contribution < -0.4 is 0 Å². The first-order valence-corrected chi connectivity index (χ1v) is 7.29. The number of aromatic nitrogens is 3. The third-order valence-electron chi connectivity index (χ3n) is 4.15. The molecular formula is C13H19N5O3. The fourth-order valence-electron chi connectivity index (χ4n) is 3.17. The van der Waals surface area contributed by atoms with Gasteiger partial charge in [0.2, 0.25) is 0 Å². The number of amides is 1. The molecule has 1 atom stereocenters. The third-order valence-corrected chi connectivity index (χ3v) is 4.15. The van der Waals surface area contributed by atoms with E-state index in [0.29, 0.717) is 6.04 Å². The lowest BCUT2D eigenvalue weighted by Gasteiger charge is -2.25. The molecule has 1 unspecified atom stereocenters. The lowest BCUT2D eigenvalue weighted by Crippen LogP contribution is -2.39. The molecule has 0 spiro atoms. The first-order valence-electron chi connectivity index (χ1n) is 7.29. The van der Waals surface area contributed by atoms with Crippen molar-refractivity contribution in [2.45, 2.75) is 31.8 Å². The van der Waals surface area contributed by atoms with Crippen molar-refractivity contribution >= 4 is 11.9 Å². The molecule has 1 aromatic rings. The third kappa shape index (κ3) is 3.05. The zero-order valence-electron chi connectivity index (χ0n) is 11.8. The second-order valence-corrected chi connectivity index (χ2v) is 5.63. The summed E-state index contributed by atoms with van der Waals surface area (Å²) < 4.78 is 1.18. The molecule has 2 aliphatic rings. The van der Waals surface area contributed by atoms with Crippen molar-refractivity contribution in [2.75, 3.05) is 26.2 Å². The Morgan fingerprint density at radius 1 is 1.29 bits per heavy atom. The molecule has 21 heavy (non-hydrogen) atoms. The van der Waals surface area contributed by atoms with E-state index in [2.05, 4.69) is 15.2 Å². The number of hydrogen-bond donors (Lipinski definition) is 1. The van der Waals surface area contributed by atoms with Gasteiger partial charge < -0.3 is 10.0 Å². The van der Waals surface area contributed by atoms with Crippen LogP contribution in [0.25, 0.3) is 0 Å². The molecule has 1 aromatic heterocycles. The highest BCUT2D eigenvalue weighted by atomic mass is 16.4. The lowest BCUT2D eigenvalue weighted by molar-refractivity contribution is -0.137. The second kappa shape index (κ2) is 5.80. The van der Waals surface area contributed by atoms with E-state index >= 15 is 0 Å². The van der Waals surface area contributed by atoms with Crippen LogP contribution in [-0.4, -0.2) is 74.0 Å². The highest BCUT2D eigenvalue weighted by molar-refractivity contribution is 5.92. The van der Waals surface area contributed by atoms with Crippen LogP contribution in [0, 0.1) is 0 Å². The molecule has 1 N–H and O–H groups in total. The first-order chi connectivity index (χ1) is 10.1. The molecule has 3 heterocycles. The number of hydrogen-bond acceptors (Lipinski definition) is 5. The standard InChI is InChI=1S/C13H19N5O3/c19-12(20)9-18-8-11(14-15-18)13(21)17-6-2-5-16-4-1-3-10(16)7-17/h8,10H,1-7,9H2,(H,19,20). The molecule has 2 saturated heterocycles. The Balaban J connectivity index is 1.69. The summed E-state index contributed by atoms with van der Waals surface area (Å²) in [6, 6.07) is 0.450. The molecule has 8 heteroatoms. The van der Waals surface area contributed by atoms with Gasteiger partial charge in [-0.25, -0.2) is 4.68 Å². The predicted molar refractivity (Wildman–Crippen MR) is 72.8 cm³/mol. The zero-order chi connectivity index (χ0) is 14.8. The molecule has 3 rings (SSSR count). The Morgan fingerprint density at radius 3 is 2.90 bits per heavy atom. The largest absolute Gasteiger partial charge is 0.480 e. The minimum absolute atomic E-state index is 0.152. The van der Waals surface area contributed by atoms with Gasteiger partial charge >= 0.3 is 5.97 Å². The summed E-state index contributed by atoms with van der Waals surface area (Å²) in [4.78, 5) is 27.4. The molecule has 8 nitrogen and oxygen atoms in total. The van der Waals surface area contributed by atoms with Crippen molar-refractivity contribution < 1.29 is 14.7 Å². The highest BCUT2D eigenvalue weighted by Crippen LogP contribution is 2.22. The van der Waals surface area contributed by atoms with E-state index < -0.39 is 5.97 Å². The van der Waals surface area contributed by atoms with E-state index in [4.69, 9.17) is 5.11 Å². The average Bonchev–Trinajstić information content (AvgIpc) is 3.02. The molecule has 0 radical (unpaired) electrons. The summed E-state index contributed by atoms with van der Waals surface area (Å²) in [6.45, 7) is 3.33. The molecule has 1 amide bonds. The summed E-state index contributed by atoms with van der Waals surface area (Å²) in [5.41, 5.74) is 0.225. The van der Waals surface area contributed by atoms with E-state index in [1.165, 1.54) is 17.3 Å². The minimum atomic E-state index is -1.00. The summed E-state index contributed by atoms with van der Waals surface area (Å²) in [7, 11) is 0. The number of nitrogens with zero attached hydrogens (tertiary/aromatic N) is 5. The van der Waals surface area contributed by atoms with Crippen molar-refractivity contribution in [1.29, 1.82) is 0 Å². The minimum Gasteiger partial charge on any atom is -0.480 e. The summed E-state index contributed by atoms with van der Waals surface area (Å²) in [5.74, 6) is -1.16. The van der Waals surface area contributed by atoms with Gasteiger partial charge in [-0.2, -0.15) is 0 Å². The topological polar surface area (TPSA) is 91.6 Å². The monoisotopic (exact) mass is 293 g/mol. The maximum Gasteiger partial charge on any atom is 0.325 e. The highest BCUT2D eigenvalue weighted by Gasteiger charge is 2.31. The molecule has 0 aliphatic carbocycles. The first kappa shape index (κ1) is 14.0. The van der Waals surface area contributed by atoms with Crippen LogP contribution in [0.1, 0.15) is 29.8 Å². The van der Waals surface area contributed by atoms with Crippen molar-refractivity contribution in [3.63, 3.8) is 0 Å². The number of carboxylic acids is 1. The fraction of sp³-hybridized carbons (Fsp3) is 0.692. The lowest BCUT2D eigenvalue weighted by atomic mass is 10.2. The molecule has 2 fully saturated rings. The maximum absolute atomic E-state index is 12.5. The van der Waals surface area contributed by atoms with Gasteiger partial charge in [0.05, 0.1) is 6.20 Å². The van der Waals surface area contributed by atoms with E-state index in [9.17, 15) is 9.59 Å². The number of rotatable bonds is 3. The number of carbonyl (C=O) groups is 2. The van der Waals surface area contributed by atoms with Gasteiger partial charge in [-0.1, -0.05) is 5.21 Å². The Labute approximate surface area is 122 Å². The van der Waals surface area contributed by atoms with E-state index in [0.717, 1.165) is 39.0 Å². The van der Waals surface area contributed by atoms with Crippen LogP contribution in [0.5, 0.6) is 0 Å². The van der Waals surface area contributed by atoms with Crippen molar-refractivity contribution in [1.82, 2.24) is 24.8 Å². The van der Waals surface area contributed by atoms with E-state index in [1.807, 2.05) is 4.90 Å². The Morgan fingerprint density at radius 2 is 2.10 bits per heavy atom. The van der Waals surface area contributed by atoms with Crippen LogP contribution in [0.4, 0.5) is 0 Å². The fourth-order valence-corrected chi connectivity index (χ4v) is 3.17. The van der Waals surface area contributed by atoms with Crippen LogP contribution in [0.2, 0.25) is 0 Å². The molecule has 0 aromatic carbocycles. The quantitative estimate of drug-likeness (QED) is 0.820. The van der Waals surface area contributed by atoms with Crippen LogP contribution in [0.3, 0.4) is 0 Å². The van der Waals surface area contributed by atoms with Gasteiger partial charge in [-0.3, -0.25) is 14.5 Å². The molecule has 0 saturated carbocycles. The van der Waals surface area contributed by atoms with Crippen LogP contribution in [-0.2, 0) is 11.3 Å². The Bertz CT molecular complexity index is 544. The smallest absolute Gasteiger partial charge is 0.325 e. The Hall–Kier alpha value is -1.96. The number of aliphatic carboxylic acids is 1. The summed E-state index contributed by atoms with van der Waals surface area (Å²) in [5, 5.41) is 16.2. The Kier molecular flexibility index (Phi) is 3.87. The number of carbonyl (C=O) groups excluding carboxylic acids is 1. The SMILES string of the molecule is O=C(O)Cn1cc(C(=O)N2CCCN3CCCC3C2)nn1. The number of fused-ring (bicyclic) bond motifs is 1. The molecule has 2 aliphatic heterocycles. The molecular weight excluding hydrogens is 274 g/mol. The van der Waals surface area contributed by atoms with Gasteiger partial charge in [0.1, 0.15) is 6.54 Å². The van der Waals surface area contributed by atoms with Gasteiger partial charge in [-0.05, 0) is 25.8 Å². The van der Waals surface area contributed by atoms with Crippen molar-refractivity contribution in [2.24, 2.45) is 0 Å². The number of carboxylic acid groups (broad SMARTS) is 1. The maximum atomic E-state index is 12.5. The summed E-state index contributed by atoms with van der Waals surface area (Å²) >= 11 is 0. The van der Waals surface area contributed by atoms with Crippen LogP contribution in [0.15, 0.2) is 6.20 Å². The normalized spacial score (nSPS) is 22.9. The second-order valence-electron chi connectivity index (χ2n) is 5.63. The zero-order valence-corrected chi connectivity index (χ0v) is 11.8. The average molecular weight is 293 g/mol. The van der Waals surface area contributed by atoms with Crippen molar-refractivity contribution in [3.8, 4) is 0 Å². The van der Waals surface area contributed by atoms with Gasteiger partial charge in [0.25, 0.3) is 5.91 Å².